The SMILES string of the molecule is O=C1OCCCN1C1CCC2(CC1)OCCO2. The normalized spacial score (nSPS) is 29.6. The van der Waals surface area contributed by atoms with Crippen LogP contribution in [0, 0.1) is 0 Å². The van der Waals surface area contributed by atoms with Crippen LogP contribution >= 0.6 is 0 Å². The second kappa shape index (κ2) is 4.46. The van der Waals surface area contributed by atoms with Crippen molar-refractivity contribution in [2.45, 2.75) is 43.9 Å². The molecule has 0 aromatic carbocycles. The smallest absolute Gasteiger partial charge is 0.410 e. The molecule has 0 atom stereocenters. The highest BCUT2D eigenvalue weighted by molar-refractivity contribution is 5.68. The summed E-state index contributed by atoms with van der Waals surface area (Å²) >= 11 is 0. The van der Waals surface area contributed by atoms with Crippen LogP contribution in [0.3, 0.4) is 0 Å². The summed E-state index contributed by atoms with van der Waals surface area (Å²) in [6.45, 7) is 2.81. The highest BCUT2D eigenvalue weighted by atomic mass is 16.7. The Hall–Kier alpha value is -0.810. The van der Waals surface area contributed by atoms with Crippen LogP contribution in [0.4, 0.5) is 4.79 Å². The molecule has 1 aliphatic carbocycles. The van der Waals surface area contributed by atoms with Gasteiger partial charge in [-0.25, -0.2) is 4.79 Å². The molecule has 5 heteroatoms. The van der Waals surface area contributed by atoms with Crippen molar-refractivity contribution in [3.8, 4) is 0 Å². The Balaban J connectivity index is 1.58. The van der Waals surface area contributed by atoms with Crippen LogP contribution in [-0.4, -0.2) is 49.2 Å². The molecular formula is C12H19NO4. The molecule has 17 heavy (non-hydrogen) atoms. The molecule has 1 saturated carbocycles. The van der Waals surface area contributed by atoms with Gasteiger partial charge in [0, 0.05) is 25.4 Å². The Kier molecular flexibility index (Phi) is 2.96. The first-order valence-electron chi connectivity index (χ1n) is 6.50. The third-order valence-corrected chi connectivity index (χ3v) is 3.97. The quantitative estimate of drug-likeness (QED) is 0.698. The predicted octanol–water partition coefficient (Wildman–Crippen LogP) is 1.51. The molecule has 0 aromatic rings. The number of nitrogens with zero attached hydrogens (tertiary/aromatic N) is 1. The van der Waals surface area contributed by atoms with Gasteiger partial charge in [-0.3, -0.25) is 0 Å². The van der Waals surface area contributed by atoms with E-state index in [1.807, 2.05) is 4.90 Å². The van der Waals surface area contributed by atoms with Gasteiger partial charge in [0.25, 0.3) is 0 Å². The van der Waals surface area contributed by atoms with Gasteiger partial charge in [-0.2, -0.15) is 0 Å². The summed E-state index contributed by atoms with van der Waals surface area (Å²) in [6.07, 6.45) is 4.48. The Labute approximate surface area is 101 Å². The number of hydrogen-bond acceptors (Lipinski definition) is 4. The maximum atomic E-state index is 11.6. The van der Waals surface area contributed by atoms with Gasteiger partial charge in [0.1, 0.15) is 0 Å². The fourth-order valence-corrected chi connectivity index (χ4v) is 3.04. The van der Waals surface area contributed by atoms with Gasteiger partial charge in [-0.05, 0) is 19.3 Å². The molecule has 2 aliphatic heterocycles. The minimum Gasteiger partial charge on any atom is -0.449 e. The van der Waals surface area contributed by atoms with E-state index >= 15 is 0 Å². The lowest BCUT2D eigenvalue weighted by molar-refractivity contribution is -0.183. The Morgan fingerprint density at radius 1 is 1.12 bits per heavy atom. The summed E-state index contributed by atoms with van der Waals surface area (Å²) in [5, 5.41) is 0. The van der Waals surface area contributed by atoms with E-state index in [-0.39, 0.29) is 11.9 Å². The fraction of sp³-hybridized carbons (Fsp3) is 0.917. The molecule has 0 bridgehead atoms. The van der Waals surface area contributed by atoms with E-state index in [0.717, 1.165) is 38.6 Å². The summed E-state index contributed by atoms with van der Waals surface area (Å²) in [7, 11) is 0. The first-order valence-corrected chi connectivity index (χ1v) is 6.50. The van der Waals surface area contributed by atoms with Crippen molar-refractivity contribution in [2.24, 2.45) is 0 Å². The van der Waals surface area contributed by atoms with E-state index in [1.54, 1.807) is 0 Å². The van der Waals surface area contributed by atoms with E-state index in [0.29, 0.717) is 25.9 Å². The Morgan fingerprint density at radius 3 is 2.47 bits per heavy atom. The van der Waals surface area contributed by atoms with E-state index in [2.05, 4.69) is 0 Å². The maximum absolute atomic E-state index is 11.6. The number of cyclic esters (lactones) is 1. The number of amides is 1. The highest BCUT2D eigenvalue weighted by Gasteiger charge is 2.42. The van der Waals surface area contributed by atoms with Crippen LogP contribution < -0.4 is 0 Å². The molecule has 3 fully saturated rings. The molecule has 1 amide bonds. The molecule has 0 aromatic heterocycles. The summed E-state index contributed by atoms with van der Waals surface area (Å²) in [5.74, 6) is -0.337. The monoisotopic (exact) mass is 241 g/mol. The number of carbonyl (C=O) groups excluding carboxylic acids is 1. The molecule has 0 radical (unpaired) electrons. The van der Waals surface area contributed by atoms with Crippen LogP contribution in [0.2, 0.25) is 0 Å². The summed E-state index contributed by atoms with van der Waals surface area (Å²) in [6, 6.07) is 0.307. The van der Waals surface area contributed by atoms with Gasteiger partial charge in [-0.15, -0.1) is 0 Å². The van der Waals surface area contributed by atoms with Crippen molar-refractivity contribution in [2.75, 3.05) is 26.4 Å². The second-order valence-electron chi connectivity index (χ2n) is 5.00. The standard InChI is InChI=1S/C12H19NO4/c14-11-13(6-1-7-15-11)10-2-4-12(5-3-10)16-8-9-17-12/h10H,1-9H2. The van der Waals surface area contributed by atoms with Crippen molar-refractivity contribution >= 4 is 6.09 Å². The van der Waals surface area contributed by atoms with Gasteiger partial charge in [-0.1, -0.05) is 0 Å². The van der Waals surface area contributed by atoms with Crippen LogP contribution in [0.15, 0.2) is 0 Å². The van der Waals surface area contributed by atoms with Gasteiger partial charge < -0.3 is 19.1 Å². The average Bonchev–Trinajstić information content (AvgIpc) is 2.80. The molecule has 3 aliphatic rings. The molecule has 0 unspecified atom stereocenters. The lowest BCUT2D eigenvalue weighted by Crippen LogP contribution is -2.49. The molecule has 1 spiro atoms. The van der Waals surface area contributed by atoms with E-state index in [4.69, 9.17) is 14.2 Å². The molecule has 96 valence electrons. The molecule has 2 saturated heterocycles. The largest absolute Gasteiger partial charge is 0.449 e. The molecule has 0 N–H and O–H groups in total. The van der Waals surface area contributed by atoms with Crippen LogP contribution in [0.5, 0.6) is 0 Å². The number of hydrogen-bond donors (Lipinski definition) is 0. The highest BCUT2D eigenvalue weighted by Crippen LogP contribution is 2.37. The Morgan fingerprint density at radius 2 is 1.82 bits per heavy atom. The van der Waals surface area contributed by atoms with Crippen molar-refractivity contribution in [1.29, 1.82) is 0 Å². The zero-order valence-electron chi connectivity index (χ0n) is 10.0. The van der Waals surface area contributed by atoms with Crippen LogP contribution in [-0.2, 0) is 14.2 Å². The second-order valence-corrected chi connectivity index (χ2v) is 5.00. The fourth-order valence-electron chi connectivity index (χ4n) is 3.04. The molecule has 2 heterocycles. The minimum absolute atomic E-state index is 0.148. The van der Waals surface area contributed by atoms with Crippen molar-refractivity contribution in [1.82, 2.24) is 4.90 Å². The van der Waals surface area contributed by atoms with E-state index < -0.39 is 0 Å². The zero-order valence-corrected chi connectivity index (χ0v) is 10.0. The first kappa shape index (κ1) is 11.3. The molecular weight excluding hydrogens is 222 g/mol. The van der Waals surface area contributed by atoms with Gasteiger partial charge in [0.2, 0.25) is 0 Å². The number of carbonyl (C=O) groups is 1. The number of ether oxygens (including phenoxy) is 3. The minimum atomic E-state index is -0.337. The third-order valence-electron chi connectivity index (χ3n) is 3.97. The topological polar surface area (TPSA) is 48.0 Å². The summed E-state index contributed by atoms with van der Waals surface area (Å²) in [4.78, 5) is 13.5. The van der Waals surface area contributed by atoms with Gasteiger partial charge in [0.15, 0.2) is 5.79 Å². The first-order chi connectivity index (χ1) is 8.29. The lowest BCUT2D eigenvalue weighted by atomic mass is 9.89. The summed E-state index contributed by atoms with van der Waals surface area (Å²) < 4.78 is 16.5. The average molecular weight is 241 g/mol. The van der Waals surface area contributed by atoms with Crippen molar-refractivity contribution in [3.05, 3.63) is 0 Å². The third kappa shape index (κ3) is 2.13. The zero-order chi connectivity index (χ0) is 11.7. The number of rotatable bonds is 1. The van der Waals surface area contributed by atoms with Crippen molar-refractivity contribution in [3.63, 3.8) is 0 Å². The van der Waals surface area contributed by atoms with Crippen molar-refractivity contribution < 1.29 is 19.0 Å². The van der Waals surface area contributed by atoms with Crippen LogP contribution in [0.25, 0.3) is 0 Å². The van der Waals surface area contributed by atoms with Crippen LogP contribution in [0.1, 0.15) is 32.1 Å². The molecule has 5 nitrogen and oxygen atoms in total. The van der Waals surface area contributed by atoms with Gasteiger partial charge in [0.05, 0.1) is 19.8 Å². The molecule has 3 rings (SSSR count). The van der Waals surface area contributed by atoms with Gasteiger partial charge >= 0.3 is 6.09 Å². The Bertz CT molecular complexity index is 291. The lowest BCUT2D eigenvalue weighted by Gasteiger charge is -2.41. The maximum Gasteiger partial charge on any atom is 0.410 e. The summed E-state index contributed by atoms with van der Waals surface area (Å²) in [5.41, 5.74) is 0. The van der Waals surface area contributed by atoms with E-state index in [9.17, 15) is 4.79 Å². The predicted molar refractivity (Wildman–Crippen MR) is 59.6 cm³/mol. The van der Waals surface area contributed by atoms with E-state index in [1.165, 1.54) is 0 Å².